The van der Waals surface area contributed by atoms with Gasteiger partial charge in [-0.2, -0.15) is 0 Å². The molecule has 74 valence electrons. The fraction of sp³-hybridized carbons (Fsp3) is 0.250. The molecule has 0 radical (unpaired) electrons. The largest absolute Gasteiger partial charge is 0.369 e. The third kappa shape index (κ3) is 2.73. The molecular weight excluding hydrogens is 174 g/mol. The molecule has 2 heteroatoms. The molecule has 0 atom stereocenters. The van der Waals surface area contributed by atoms with Crippen molar-refractivity contribution in [3.05, 3.63) is 41.0 Å². The van der Waals surface area contributed by atoms with E-state index < -0.39 is 0 Å². The lowest BCUT2D eigenvalue weighted by Crippen LogP contribution is -2.07. The van der Waals surface area contributed by atoms with Crippen LogP contribution in [0.4, 0.5) is 0 Å². The van der Waals surface area contributed by atoms with Gasteiger partial charge in [-0.1, -0.05) is 30.4 Å². The van der Waals surface area contributed by atoms with Crippen molar-refractivity contribution < 1.29 is 4.79 Å². The Bertz CT molecular complexity index is 346. The minimum absolute atomic E-state index is 0.299. The molecule has 0 bridgehead atoms. The molecule has 1 amide bonds. The van der Waals surface area contributed by atoms with Gasteiger partial charge in [0.25, 0.3) is 0 Å². The van der Waals surface area contributed by atoms with Crippen LogP contribution in [0.3, 0.4) is 0 Å². The number of benzene rings is 1. The summed E-state index contributed by atoms with van der Waals surface area (Å²) in [5.74, 6) is -0.299. The third-order valence-corrected chi connectivity index (χ3v) is 2.15. The van der Waals surface area contributed by atoms with Crippen molar-refractivity contribution in [1.82, 2.24) is 0 Å². The van der Waals surface area contributed by atoms with Gasteiger partial charge in [-0.05, 0) is 30.5 Å². The Labute approximate surface area is 84.4 Å². The summed E-state index contributed by atoms with van der Waals surface area (Å²) >= 11 is 0. The molecule has 1 rings (SSSR count). The van der Waals surface area contributed by atoms with Gasteiger partial charge in [-0.15, -0.1) is 0 Å². The van der Waals surface area contributed by atoms with Crippen molar-refractivity contribution in [3.63, 3.8) is 0 Å². The van der Waals surface area contributed by atoms with Crippen molar-refractivity contribution in [2.75, 3.05) is 0 Å². The number of rotatable bonds is 3. The zero-order valence-corrected chi connectivity index (χ0v) is 8.58. The summed E-state index contributed by atoms with van der Waals surface area (Å²) in [6, 6.07) is 6.13. The molecule has 0 unspecified atom stereocenters. The highest BCUT2D eigenvalue weighted by molar-refractivity contribution is 5.76. The van der Waals surface area contributed by atoms with E-state index in [1.165, 1.54) is 16.7 Å². The maximum atomic E-state index is 10.5. The van der Waals surface area contributed by atoms with Crippen LogP contribution in [0, 0.1) is 13.8 Å². The molecular formula is C12H15NO. The maximum Gasteiger partial charge on any atom is 0.221 e. The summed E-state index contributed by atoms with van der Waals surface area (Å²) in [5.41, 5.74) is 8.64. The summed E-state index contributed by atoms with van der Waals surface area (Å²) in [6.45, 7) is 4.11. The van der Waals surface area contributed by atoms with E-state index in [1.807, 2.05) is 12.1 Å². The lowest BCUT2D eigenvalue weighted by molar-refractivity contribution is -0.117. The molecule has 0 spiro atoms. The summed E-state index contributed by atoms with van der Waals surface area (Å²) in [5, 5.41) is 0. The normalized spacial score (nSPS) is 10.7. The smallest absolute Gasteiger partial charge is 0.221 e. The predicted molar refractivity (Wildman–Crippen MR) is 58.8 cm³/mol. The highest BCUT2D eigenvalue weighted by atomic mass is 16.1. The Kier molecular flexibility index (Phi) is 3.46. The molecule has 0 heterocycles. The molecule has 0 aromatic heterocycles. The average Bonchev–Trinajstić information content (AvgIpc) is 2.09. The van der Waals surface area contributed by atoms with Crippen LogP contribution in [0.1, 0.15) is 23.1 Å². The van der Waals surface area contributed by atoms with E-state index in [0.717, 1.165) is 0 Å². The van der Waals surface area contributed by atoms with E-state index in [2.05, 4.69) is 26.0 Å². The quantitative estimate of drug-likeness (QED) is 0.778. The fourth-order valence-corrected chi connectivity index (χ4v) is 1.38. The number of hydrogen-bond acceptors (Lipinski definition) is 1. The zero-order valence-electron chi connectivity index (χ0n) is 8.58. The van der Waals surface area contributed by atoms with E-state index in [-0.39, 0.29) is 5.91 Å². The fourth-order valence-electron chi connectivity index (χ4n) is 1.38. The van der Waals surface area contributed by atoms with Gasteiger partial charge >= 0.3 is 0 Å². The van der Waals surface area contributed by atoms with Gasteiger partial charge in [0.1, 0.15) is 0 Å². The average molecular weight is 189 g/mol. The van der Waals surface area contributed by atoms with Crippen molar-refractivity contribution >= 4 is 12.0 Å². The predicted octanol–water partition coefficient (Wildman–Crippen LogP) is 2.19. The van der Waals surface area contributed by atoms with Crippen molar-refractivity contribution in [3.8, 4) is 0 Å². The Hall–Kier alpha value is -1.57. The van der Waals surface area contributed by atoms with E-state index in [1.54, 1.807) is 6.08 Å². The van der Waals surface area contributed by atoms with Gasteiger partial charge in [-0.3, -0.25) is 4.79 Å². The number of primary amides is 1. The van der Waals surface area contributed by atoms with Crippen molar-refractivity contribution in [1.29, 1.82) is 0 Å². The Morgan fingerprint density at radius 2 is 1.93 bits per heavy atom. The molecule has 1 aromatic carbocycles. The van der Waals surface area contributed by atoms with Crippen LogP contribution >= 0.6 is 0 Å². The van der Waals surface area contributed by atoms with Crippen molar-refractivity contribution in [2.45, 2.75) is 20.3 Å². The second-order valence-corrected chi connectivity index (χ2v) is 3.38. The van der Waals surface area contributed by atoms with Crippen LogP contribution in [0.5, 0.6) is 0 Å². The number of carbonyl (C=O) groups is 1. The molecule has 1 aromatic rings. The maximum absolute atomic E-state index is 10.5. The molecule has 0 saturated heterocycles. The van der Waals surface area contributed by atoms with Crippen LogP contribution in [0.2, 0.25) is 0 Å². The molecule has 0 aliphatic rings. The second-order valence-electron chi connectivity index (χ2n) is 3.38. The number of carbonyl (C=O) groups excluding carboxylic acids is 1. The Morgan fingerprint density at radius 3 is 2.43 bits per heavy atom. The third-order valence-electron chi connectivity index (χ3n) is 2.15. The summed E-state index contributed by atoms with van der Waals surface area (Å²) < 4.78 is 0. The Balaban J connectivity index is 2.85. The highest BCUT2D eigenvalue weighted by Gasteiger charge is 1.97. The first-order valence-electron chi connectivity index (χ1n) is 4.62. The van der Waals surface area contributed by atoms with Gasteiger partial charge in [0.15, 0.2) is 0 Å². The van der Waals surface area contributed by atoms with E-state index in [0.29, 0.717) is 6.42 Å². The first kappa shape index (κ1) is 10.5. The standard InChI is InChI=1S/C12H15NO/c1-9-5-3-6-10(2)11(9)7-4-8-12(13)14/h3-7H,8H2,1-2H3,(H2,13,14). The van der Waals surface area contributed by atoms with Crippen LogP contribution in [-0.4, -0.2) is 5.91 Å². The van der Waals surface area contributed by atoms with E-state index in [4.69, 9.17) is 5.73 Å². The molecule has 0 saturated carbocycles. The van der Waals surface area contributed by atoms with Crippen LogP contribution < -0.4 is 5.73 Å². The van der Waals surface area contributed by atoms with Gasteiger partial charge in [0.2, 0.25) is 5.91 Å². The first-order chi connectivity index (χ1) is 6.61. The monoisotopic (exact) mass is 189 g/mol. The minimum Gasteiger partial charge on any atom is -0.369 e. The zero-order chi connectivity index (χ0) is 10.6. The molecule has 2 nitrogen and oxygen atoms in total. The highest BCUT2D eigenvalue weighted by Crippen LogP contribution is 2.14. The summed E-state index contributed by atoms with van der Waals surface area (Å²) in [4.78, 5) is 10.5. The van der Waals surface area contributed by atoms with Crippen LogP contribution in [0.15, 0.2) is 24.3 Å². The van der Waals surface area contributed by atoms with E-state index in [9.17, 15) is 4.79 Å². The molecule has 2 N–H and O–H groups in total. The second kappa shape index (κ2) is 4.61. The summed E-state index contributed by atoms with van der Waals surface area (Å²) in [7, 11) is 0. The van der Waals surface area contributed by atoms with Crippen molar-refractivity contribution in [2.24, 2.45) is 5.73 Å². The van der Waals surface area contributed by atoms with Gasteiger partial charge in [-0.25, -0.2) is 0 Å². The molecule has 14 heavy (non-hydrogen) atoms. The van der Waals surface area contributed by atoms with Gasteiger partial charge in [0, 0.05) is 6.42 Å². The van der Waals surface area contributed by atoms with Crippen LogP contribution in [0.25, 0.3) is 6.08 Å². The van der Waals surface area contributed by atoms with Gasteiger partial charge < -0.3 is 5.73 Å². The molecule has 0 fully saturated rings. The summed E-state index contributed by atoms with van der Waals surface area (Å²) in [6.07, 6.45) is 4.06. The number of nitrogens with two attached hydrogens (primary N) is 1. The lowest BCUT2D eigenvalue weighted by Gasteiger charge is -2.03. The van der Waals surface area contributed by atoms with Gasteiger partial charge in [0.05, 0.1) is 0 Å². The minimum atomic E-state index is -0.299. The van der Waals surface area contributed by atoms with Crippen LogP contribution in [-0.2, 0) is 4.79 Å². The topological polar surface area (TPSA) is 43.1 Å². The molecule has 0 aliphatic heterocycles. The number of hydrogen-bond donors (Lipinski definition) is 1. The van der Waals surface area contributed by atoms with E-state index >= 15 is 0 Å². The lowest BCUT2D eigenvalue weighted by atomic mass is 10.0. The molecule has 0 aliphatic carbocycles. The number of amides is 1. The first-order valence-corrected chi connectivity index (χ1v) is 4.62. The Morgan fingerprint density at radius 1 is 1.36 bits per heavy atom. The number of aryl methyl sites for hydroxylation is 2. The SMILES string of the molecule is Cc1cccc(C)c1C=CCC(N)=O.